The molecule has 2 rings (SSSR count). The SMILES string of the molecule is CNC(CCc1cccs1)c1cc(C)c(C)s1. The minimum atomic E-state index is 0.495. The van der Waals surface area contributed by atoms with Crippen LogP contribution in [0.2, 0.25) is 0 Å². The Labute approximate surface area is 112 Å². The maximum Gasteiger partial charge on any atom is 0.0416 e. The van der Waals surface area contributed by atoms with Gasteiger partial charge in [-0.25, -0.2) is 0 Å². The highest BCUT2D eigenvalue weighted by atomic mass is 32.1. The average Bonchev–Trinajstić information content (AvgIpc) is 2.91. The maximum absolute atomic E-state index is 3.44. The van der Waals surface area contributed by atoms with Crippen LogP contribution in [-0.4, -0.2) is 7.05 Å². The summed E-state index contributed by atoms with van der Waals surface area (Å²) in [6, 6.07) is 7.18. The second kappa shape index (κ2) is 5.80. The van der Waals surface area contributed by atoms with Crippen LogP contribution in [0.4, 0.5) is 0 Å². The molecule has 2 heterocycles. The van der Waals surface area contributed by atoms with Crippen molar-refractivity contribution < 1.29 is 0 Å². The number of rotatable bonds is 5. The molecule has 2 aromatic heterocycles. The first-order valence-corrected chi connectivity index (χ1v) is 7.67. The van der Waals surface area contributed by atoms with E-state index in [1.165, 1.54) is 33.0 Å². The molecule has 1 unspecified atom stereocenters. The van der Waals surface area contributed by atoms with Gasteiger partial charge in [-0.3, -0.25) is 0 Å². The van der Waals surface area contributed by atoms with Crippen LogP contribution in [0.15, 0.2) is 23.6 Å². The predicted octanol–water partition coefficient (Wildman–Crippen LogP) is 4.32. The quantitative estimate of drug-likeness (QED) is 0.849. The van der Waals surface area contributed by atoms with E-state index < -0.39 is 0 Å². The van der Waals surface area contributed by atoms with Gasteiger partial charge in [0, 0.05) is 20.7 Å². The van der Waals surface area contributed by atoms with Gasteiger partial charge in [0.05, 0.1) is 0 Å². The van der Waals surface area contributed by atoms with Gasteiger partial charge in [-0.1, -0.05) is 6.07 Å². The van der Waals surface area contributed by atoms with Crippen LogP contribution in [0, 0.1) is 13.8 Å². The average molecular weight is 265 g/mol. The van der Waals surface area contributed by atoms with Gasteiger partial charge < -0.3 is 5.32 Å². The molecule has 0 spiro atoms. The minimum Gasteiger partial charge on any atom is -0.312 e. The fraction of sp³-hybridized carbons (Fsp3) is 0.429. The molecule has 1 nitrogen and oxygen atoms in total. The summed E-state index contributed by atoms with van der Waals surface area (Å²) in [5.74, 6) is 0. The monoisotopic (exact) mass is 265 g/mol. The van der Waals surface area contributed by atoms with Gasteiger partial charge in [-0.15, -0.1) is 22.7 Å². The molecule has 0 saturated heterocycles. The van der Waals surface area contributed by atoms with Crippen molar-refractivity contribution in [2.24, 2.45) is 0 Å². The van der Waals surface area contributed by atoms with E-state index in [4.69, 9.17) is 0 Å². The van der Waals surface area contributed by atoms with Gasteiger partial charge in [0.2, 0.25) is 0 Å². The van der Waals surface area contributed by atoms with E-state index in [9.17, 15) is 0 Å². The molecule has 2 aromatic rings. The first-order valence-electron chi connectivity index (χ1n) is 5.97. The molecular weight excluding hydrogens is 246 g/mol. The number of aryl methyl sites for hydroxylation is 3. The largest absolute Gasteiger partial charge is 0.312 e. The van der Waals surface area contributed by atoms with E-state index in [1.807, 2.05) is 22.7 Å². The Bertz CT molecular complexity index is 437. The molecule has 1 atom stereocenters. The Balaban J connectivity index is 2.01. The van der Waals surface area contributed by atoms with Crippen LogP contribution >= 0.6 is 22.7 Å². The zero-order valence-corrected chi connectivity index (χ0v) is 12.3. The second-order valence-electron chi connectivity index (χ2n) is 4.35. The zero-order valence-electron chi connectivity index (χ0n) is 10.6. The highest BCUT2D eigenvalue weighted by molar-refractivity contribution is 7.12. The molecule has 92 valence electrons. The van der Waals surface area contributed by atoms with E-state index >= 15 is 0 Å². The molecule has 3 heteroatoms. The van der Waals surface area contributed by atoms with Crippen LogP contribution in [0.5, 0.6) is 0 Å². The zero-order chi connectivity index (χ0) is 12.3. The second-order valence-corrected chi connectivity index (χ2v) is 6.67. The molecule has 0 aliphatic heterocycles. The van der Waals surface area contributed by atoms with Gasteiger partial charge in [-0.2, -0.15) is 0 Å². The Morgan fingerprint density at radius 1 is 1.35 bits per heavy atom. The smallest absolute Gasteiger partial charge is 0.0416 e. The van der Waals surface area contributed by atoms with Gasteiger partial charge in [-0.05, 0) is 56.8 Å². The third-order valence-corrected chi connectivity index (χ3v) is 5.34. The van der Waals surface area contributed by atoms with Crippen molar-refractivity contribution in [2.75, 3.05) is 7.05 Å². The number of nitrogens with one attached hydrogen (secondary N) is 1. The lowest BCUT2D eigenvalue weighted by molar-refractivity contribution is 0.560. The summed E-state index contributed by atoms with van der Waals surface area (Å²) in [6.07, 6.45) is 2.34. The summed E-state index contributed by atoms with van der Waals surface area (Å²) in [4.78, 5) is 4.39. The van der Waals surface area contributed by atoms with Crippen LogP contribution in [0.3, 0.4) is 0 Å². The molecule has 0 aliphatic rings. The molecule has 0 aromatic carbocycles. The van der Waals surface area contributed by atoms with E-state index in [1.54, 1.807) is 0 Å². The van der Waals surface area contributed by atoms with E-state index in [-0.39, 0.29) is 0 Å². The van der Waals surface area contributed by atoms with Gasteiger partial charge >= 0.3 is 0 Å². The highest BCUT2D eigenvalue weighted by Crippen LogP contribution is 2.29. The number of hydrogen-bond acceptors (Lipinski definition) is 3. The standard InChI is InChI=1S/C14H19NS2/c1-10-9-14(17-11(10)2)13(15-3)7-6-12-5-4-8-16-12/h4-5,8-9,13,15H,6-7H2,1-3H3. The van der Waals surface area contributed by atoms with Crippen LogP contribution in [-0.2, 0) is 6.42 Å². The first kappa shape index (κ1) is 12.8. The lowest BCUT2D eigenvalue weighted by Crippen LogP contribution is -2.15. The van der Waals surface area contributed by atoms with Crippen molar-refractivity contribution in [3.63, 3.8) is 0 Å². The Morgan fingerprint density at radius 3 is 2.71 bits per heavy atom. The van der Waals surface area contributed by atoms with Crippen molar-refractivity contribution >= 4 is 22.7 Å². The normalized spacial score (nSPS) is 12.9. The minimum absolute atomic E-state index is 0.495. The lowest BCUT2D eigenvalue weighted by atomic mass is 10.1. The van der Waals surface area contributed by atoms with E-state index in [2.05, 4.69) is 49.8 Å². The Morgan fingerprint density at radius 2 is 2.18 bits per heavy atom. The Kier molecular flexibility index (Phi) is 4.37. The molecule has 0 amide bonds. The van der Waals surface area contributed by atoms with E-state index in [0.29, 0.717) is 6.04 Å². The molecule has 0 aliphatic carbocycles. The topological polar surface area (TPSA) is 12.0 Å². The third kappa shape index (κ3) is 3.18. The van der Waals surface area contributed by atoms with Gasteiger partial charge in [0.25, 0.3) is 0 Å². The van der Waals surface area contributed by atoms with Crippen LogP contribution in [0.1, 0.15) is 32.7 Å². The van der Waals surface area contributed by atoms with Gasteiger partial charge in [0.1, 0.15) is 0 Å². The number of hydrogen-bond donors (Lipinski definition) is 1. The number of thiophene rings is 2. The summed E-state index contributed by atoms with van der Waals surface area (Å²) in [6.45, 7) is 4.40. The summed E-state index contributed by atoms with van der Waals surface area (Å²) < 4.78 is 0. The van der Waals surface area contributed by atoms with Crippen LogP contribution < -0.4 is 5.32 Å². The maximum atomic E-state index is 3.44. The summed E-state index contributed by atoms with van der Waals surface area (Å²) >= 11 is 3.78. The summed E-state index contributed by atoms with van der Waals surface area (Å²) in [5, 5.41) is 5.59. The lowest BCUT2D eigenvalue weighted by Gasteiger charge is -2.13. The van der Waals surface area contributed by atoms with Crippen molar-refractivity contribution in [2.45, 2.75) is 32.7 Å². The van der Waals surface area contributed by atoms with Crippen LogP contribution in [0.25, 0.3) is 0 Å². The van der Waals surface area contributed by atoms with E-state index in [0.717, 1.165) is 0 Å². The van der Waals surface area contributed by atoms with Crippen molar-refractivity contribution in [3.8, 4) is 0 Å². The summed E-state index contributed by atoms with van der Waals surface area (Å²) in [7, 11) is 2.06. The molecule has 1 N–H and O–H groups in total. The molecule has 0 bridgehead atoms. The fourth-order valence-corrected chi connectivity index (χ4v) is 3.86. The third-order valence-electron chi connectivity index (χ3n) is 3.14. The van der Waals surface area contributed by atoms with Crippen molar-refractivity contribution in [1.29, 1.82) is 0 Å². The van der Waals surface area contributed by atoms with Crippen molar-refractivity contribution in [3.05, 3.63) is 43.8 Å². The van der Waals surface area contributed by atoms with Crippen molar-refractivity contribution in [1.82, 2.24) is 5.32 Å². The fourth-order valence-electron chi connectivity index (χ4n) is 1.94. The molecule has 17 heavy (non-hydrogen) atoms. The summed E-state index contributed by atoms with van der Waals surface area (Å²) in [5.41, 5.74) is 1.42. The predicted molar refractivity (Wildman–Crippen MR) is 78.2 cm³/mol. The molecule has 0 fully saturated rings. The Hall–Kier alpha value is -0.640. The highest BCUT2D eigenvalue weighted by Gasteiger charge is 2.13. The molecule has 0 saturated carbocycles. The molecular formula is C14H19NS2. The first-order chi connectivity index (χ1) is 8.20. The molecule has 0 radical (unpaired) electrons. The van der Waals surface area contributed by atoms with Gasteiger partial charge in [0.15, 0.2) is 0 Å².